The second-order valence-electron chi connectivity index (χ2n) is 5.83. The number of rotatable bonds is 8. The Morgan fingerprint density at radius 1 is 1.20 bits per heavy atom. The zero-order chi connectivity index (χ0) is 18.2. The molecule has 1 heterocycles. The molecule has 132 valence electrons. The number of anilines is 2. The maximum atomic E-state index is 12.2. The fourth-order valence-electron chi connectivity index (χ4n) is 2.48. The molecule has 1 aromatic carbocycles. The van der Waals surface area contributed by atoms with Gasteiger partial charge in [0.1, 0.15) is 5.82 Å². The lowest BCUT2D eigenvalue weighted by Gasteiger charge is -2.18. The highest BCUT2D eigenvalue weighted by molar-refractivity contribution is 5.94. The van der Waals surface area contributed by atoms with Gasteiger partial charge < -0.3 is 15.3 Å². The van der Waals surface area contributed by atoms with Crippen molar-refractivity contribution >= 4 is 23.4 Å². The van der Waals surface area contributed by atoms with E-state index in [1.54, 1.807) is 12.1 Å². The lowest BCUT2D eigenvalue weighted by molar-refractivity contribution is -0.141. The highest BCUT2D eigenvalue weighted by atomic mass is 16.4. The van der Waals surface area contributed by atoms with Gasteiger partial charge in [-0.05, 0) is 30.7 Å². The van der Waals surface area contributed by atoms with Crippen molar-refractivity contribution < 1.29 is 14.7 Å². The molecule has 6 heteroatoms. The Morgan fingerprint density at radius 3 is 2.48 bits per heavy atom. The number of aliphatic carboxylic acids is 1. The third-order valence-corrected chi connectivity index (χ3v) is 3.99. The third-order valence-electron chi connectivity index (χ3n) is 3.99. The van der Waals surface area contributed by atoms with Crippen molar-refractivity contribution in [1.82, 2.24) is 10.3 Å². The predicted molar refractivity (Wildman–Crippen MR) is 97.1 cm³/mol. The van der Waals surface area contributed by atoms with Crippen LogP contribution in [0, 0.1) is 5.92 Å². The van der Waals surface area contributed by atoms with E-state index in [9.17, 15) is 9.59 Å². The van der Waals surface area contributed by atoms with E-state index in [-0.39, 0.29) is 12.5 Å². The van der Waals surface area contributed by atoms with Crippen LogP contribution in [-0.4, -0.2) is 35.6 Å². The molecule has 0 bridgehead atoms. The van der Waals surface area contributed by atoms with E-state index >= 15 is 0 Å². The molecule has 1 unspecified atom stereocenters. The summed E-state index contributed by atoms with van der Waals surface area (Å²) in [6.45, 7) is 2.04. The molecule has 0 aliphatic rings. The molecule has 0 aliphatic heterocycles. The highest BCUT2D eigenvalue weighted by Gasteiger charge is 2.18. The van der Waals surface area contributed by atoms with Gasteiger partial charge in [0.25, 0.3) is 5.91 Å². The minimum absolute atomic E-state index is 0.119. The molecule has 0 saturated carbocycles. The number of benzene rings is 1. The van der Waals surface area contributed by atoms with Crippen LogP contribution in [0.5, 0.6) is 0 Å². The number of hydrogen-bond donors (Lipinski definition) is 2. The largest absolute Gasteiger partial charge is 0.481 e. The molecule has 0 saturated heterocycles. The van der Waals surface area contributed by atoms with Gasteiger partial charge in [-0.3, -0.25) is 9.59 Å². The quantitative estimate of drug-likeness (QED) is 0.771. The number of pyridine rings is 1. The zero-order valence-corrected chi connectivity index (χ0v) is 14.5. The number of nitrogens with one attached hydrogen (secondary N) is 1. The van der Waals surface area contributed by atoms with Gasteiger partial charge in [-0.1, -0.05) is 31.5 Å². The van der Waals surface area contributed by atoms with Gasteiger partial charge in [0.05, 0.1) is 11.5 Å². The summed E-state index contributed by atoms with van der Waals surface area (Å²) in [7, 11) is 1.90. The molecule has 0 fully saturated rings. The first-order valence-corrected chi connectivity index (χ1v) is 8.28. The minimum atomic E-state index is -0.889. The molecular formula is C19H23N3O3. The van der Waals surface area contributed by atoms with E-state index in [2.05, 4.69) is 10.3 Å². The molecule has 0 aliphatic carbocycles. The van der Waals surface area contributed by atoms with Gasteiger partial charge in [-0.2, -0.15) is 0 Å². The fourth-order valence-corrected chi connectivity index (χ4v) is 2.48. The molecule has 1 amide bonds. The second kappa shape index (κ2) is 8.82. The molecule has 2 N–H and O–H groups in total. The first-order valence-electron chi connectivity index (χ1n) is 8.28. The molecule has 0 radical (unpaired) electrons. The number of nitrogens with zero attached hydrogens (tertiary/aromatic N) is 2. The van der Waals surface area contributed by atoms with Gasteiger partial charge in [0.15, 0.2) is 0 Å². The lowest BCUT2D eigenvalue weighted by Crippen LogP contribution is -2.33. The SMILES string of the molecule is CCCC(CNC(=O)c1ccc(N(C)c2ccccc2)nc1)C(=O)O. The summed E-state index contributed by atoms with van der Waals surface area (Å²) in [5.74, 6) is -1.05. The van der Waals surface area contributed by atoms with Crippen LogP contribution < -0.4 is 10.2 Å². The molecule has 2 aromatic rings. The normalized spacial score (nSPS) is 11.6. The Balaban J connectivity index is 1.99. The van der Waals surface area contributed by atoms with Crippen LogP contribution in [0.2, 0.25) is 0 Å². The van der Waals surface area contributed by atoms with Crippen molar-refractivity contribution in [1.29, 1.82) is 0 Å². The van der Waals surface area contributed by atoms with Gasteiger partial charge in [0, 0.05) is 25.5 Å². The smallest absolute Gasteiger partial charge is 0.308 e. The molecule has 6 nitrogen and oxygen atoms in total. The summed E-state index contributed by atoms with van der Waals surface area (Å²) in [5.41, 5.74) is 1.40. The van der Waals surface area contributed by atoms with Crippen LogP contribution in [0.4, 0.5) is 11.5 Å². The molecule has 25 heavy (non-hydrogen) atoms. The Morgan fingerprint density at radius 2 is 1.92 bits per heavy atom. The monoisotopic (exact) mass is 341 g/mol. The zero-order valence-electron chi connectivity index (χ0n) is 14.5. The number of carbonyl (C=O) groups is 2. The highest BCUT2D eigenvalue weighted by Crippen LogP contribution is 2.20. The van der Waals surface area contributed by atoms with E-state index in [0.717, 1.165) is 17.9 Å². The number of amides is 1. The van der Waals surface area contributed by atoms with Crippen LogP contribution in [0.15, 0.2) is 48.7 Å². The van der Waals surface area contributed by atoms with E-state index in [1.165, 1.54) is 6.20 Å². The minimum Gasteiger partial charge on any atom is -0.481 e. The lowest BCUT2D eigenvalue weighted by atomic mass is 10.0. The van der Waals surface area contributed by atoms with Gasteiger partial charge in [-0.15, -0.1) is 0 Å². The summed E-state index contributed by atoms with van der Waals surface area (Å²) < 4.78 is 0. The van der Waals surface area contributed by atoms with Crippen molar-refractivity contribution in [3.63, 3.8) is 0 Å². The first-order chi connectivity index (χ1) is 12.0. The molecular weight excluding hydrogens is 318 g/mol. The Labute approximate surface area is 147 Å². The van der Waals surface area contributed by atoms with Crippen LogP contribution >= 0.6 is 0 Å². The van der Waals surface area contributed by atoms with Crippen molar-refractivity contribution in [3.8, 4) is 0 Å². The number of carboxylic acids is 1. The Kier molecular flexibility index (Phi) is 6.51. The average molecular weight is 341 g/mol. The fraction of sp³-hybridized carbons (Fsp3) is 0.316. The van der Waals surface area contributed by atoms with Gasteiger partial charge in [-0.25, -0.2) is 4.98 Å². The van der Waals surface area contributed by atoms with E-state index in [4.69, 9.17) is 5.11 Å². The van der Waals surface area contributed by atoms with Crippen molar-refractivity contribution in [2.24, 2.45) is 5.92 Å². The van der Waals surface area contributed by atoms with Crippen molar-refractivity contribution in [3.05, 3.63) is 54.2 Å². The summed E-state index contributed by atoms with van der Waals surface area (Å²) in [6, 6.07) is 13.2. The van der Waals surface area contributed by atoms with E-state index in [0.29, 0.717) is 12.0 Å². The predicted octanol–water partition coefficient (Wildman–Crippen LogP) is 3.08. The summed E-state index contributed by atoms with van der Waals surface area (Å²) in [5, 5.41) is 11.8. The van der Waals surface area contributed by atoms with Gasteiger partial charge >= 0.3 is 5.97 Å². The second-order valence-corrected chi connectivity index (χ2v) is 5.83. The van der Waals surface area contributed by atoms with Crippen LogP contribution in [0.25, 0.3) is 0 Å². The molecule has 0 spiro atoms. The summed E-state index contributed by atoms with van der Waals surface area (Å²) in [4.78, 5) is 29.5. The number of aromatic nitrogens is 1. The van der Waals surface area contributed by atoms with E-state index in [1.807, 2.05) is 49.2 Å². The van der Waals surface area contributed by atoms with Crippen molar-refractivity contribution in [2.45, 2.75) is 19.8 Å². The summed E-state index contributed by atoms with van der Waals surface area (Å²) >= 11 is 0. The third kappa shape index (κ3) is 5.04. The molecule has 2 rings (SSSR count). The number of hydrogen-bond acceptors (Lipinski definition) is 4. The van der Waals surface area contributed by atoms with Crippen molar-refractivity contribution in [2.75, 3.05) is 18.5 Å². The number of para-hydroxylation sites is 1. The maximum absolute atomic E-state index is 12.2. The first kappa shape index (κ1) is 18.4. The standard InChI is InChI=1S/C19H23N3O3/c1-3-7-15(19(24)25)13-21-18(23)14-10-11-17(20-12-14)22(2)16-8-5-4-6-9-16/h4-6,8-12,15H,3,7,13H2,1-2H3,(H,21,23)(H,24,25). The Bertz CT molecular complexity index is 702. The number of carboxylic acid groups (broad SMARTS) is 1. The van der Waals surface area contributed by atoms with Crippen LogP contribution in [-0.2, 0) is 4.79 Å². The summed E-state index contributed by atoms with van der Waals surface area (Å²) in [6.07, 6.45) is 2.79. The number of carbonyl (C=O) groups excluding carboxylic acids is 1. The molecule has 1 atom stereocenters. The molecule has 1 aromatic heterocycles. The van der Waals surface area contributed by atoms with Crippen LogP contribution in [0.3, 0.4) is 0 Å². The topological polar surface area (TPSA) is 82.5 Å². The maximum Gasteiger partial charge on any atom is 0.308 e. The Hall–Kier alpha value is -2.89. The average Bonchev–Trinajstić information content (AvgIpc) is 2.65. The van der Waals surface area contributed by atoms with E-state index < -0.39 is 11.9 Å². The van der Waals surface area contributed by atoms with Crippen LogP contribution in [0.1, 0.15) is 30.1 Å². The van der Waals surface area contributed by atoms with Gasteiger partial charge in [0.2, 0.25) is 0 Å².